The molecule has 0 aliphatic carbocycles. The minimum Gasteiger partial charge on any atom is -0.478 e. The van der Waals surface area contributed by atoms with Gasteiger partial charge in [-0.15, -0.1) is 0 Å². The van der Waals surface area contributed by atoms with Crippen LogP contribution in [-0.4, -0.2) is 21.2 Å². The zero-order valence-corrected chi connectivity index (χ0v) is 11.0. The molecule has 0 saturated carbocycles. The summed E-state index contributed by atoms with van der Waals surface area (Å²) in [6.07, 6.45) is 0.619. The fraction of sp³-hybridized carbons (Fsp3) is 0.200. The number of carboxylic acids is 1. The van der Waals surface area contributed by atoms with Gasteiger partial charge in [0.05, 0.1) is 12.2 Å². The van der Waals surface area contributed by atoms with Crippen molar-refractivity contribution in [1.82, 2.24) is 4.98 Å². The lowest BCUT2D eigenvalue weighted by atomic mass is 10.2. The van der Waals surface area contributed by atoms with Crippen molar-refractivity contribution in [3.63, 3.8) is 0 Å². The number of aromatic carboxylic acids is 1. The van der Waals surface area contributed by atoms with Crippen LogP contribution in [0.4, 0.5) is 0 Å². The number of rotatable bonds is 5. The number of carbonyl (C=O) groups is 1. The number of aryl methyl sites for hydroxylation is 1. The summed E-state index contributed by atoms with van der Waals surface area (Å²) in [5, 5.41) is 18.1. The fourth-order valence-corrected chi connectivity index (χ4v) is 1.75. The Morgan fingerprint density at radius 3 is 2.75 bits per heavy atom. The van der Waals surface area contributed by atoms with Crippen LogP contribution in [0.3, 0.4) is 0 Å². The molecule has 104 valence electrons. The average molecular weight is 273 g/mol. The molecule has 2 rings (SSSR count). The molecular weight excluding hydrogens is 258 g/mol. The standard InChI is InChI=1S/C15H15NO4/c1-2-12-7-11(15(18)19)8-14(16-12)20-13-5-3-4-10(6-13)9-17/h3-8,17H,2,9H2,1H3,(H,18,19). The molecule has 0 aliphatic rings. The first-order valence-corrected chi connectivity index (χ1v) is 6.24. The maximum absolute atomic E-state index is 11.1. The van der Waals surface area contributed by atoms with E-state index in [4.69, 9.17) is 14.9 Å². The molecule has 5 nitrogen and oxygen atoms in total. The maximum atomic E-state index is 11.1. The molecule has 5 heteroatoms. The Bertz CT molecular complexity index is 625. The Balaban J connectivity index is 2.32. The summed E-state index contributed by atoms with van der Waals surface area (Å²) < 4.78 is 5.57. The largest absolute Gasteiger partial charge is 0.478 e. The number of aliphatic hydroxyl groups is 1. The minimum absolute atomic E-state index is 0.0833. The van der Waals surface area contributed by atoms with Crippen molar-refractivity contribution in [3.8, 4) is 11.6 Å². The SMILES string of the molecule is CCc1cc(C(=O)O)cc(Oc2cccc(CO)c2)n1. The van der Waals surface area contributed by atoms with Gasteiger partial charge in [0.25, 0.3) is 0 Å². The Morgan fingerprint density at radius 2 is 2.10 bits per heavy atom. The number of hydrogen-bond acceptors (Lipinski definition) is 4. The third-order valence-corrected chi connectivity index (χ3v) is 2.77. The summed E-state index contributed by atoms with van der Waals surface area (Å²) >= 11 is 0. The second kappa shape index (κ2) is 6.16. The summed E-state index contributed by atoms with van der Waals surface area (Å²) in [6.45, 7) is 1.81. The predicted octanol–water partition coefficient (Wildman–Crippen LogP) is 2.63. The number of benzene rings is 1. The molecule has 0 fully saturated rings. The average Bonchev–Trinajstić information content (AvgIpc) is 2.47. The highest BCUT2D eigenvalue weighted by Crippen LogP contribution is 2.22. The lowest BCUT2D eigenvalue weighted by Gasteiger charge is -2.08. The minimum atomic E-state index is -1.02. The van der Waals surface area contributed by atoms with Crippen LogP contribution >= 0.6 is 0 Å². The van der Waals surface area contributed by atoms with Gasteiger partial charge in [-0.1, -0.05) is 19.1 Å². The maximum Gasteiger partial charge on any atom is 0.335 e. The van der Waals surface area contributed by atoms with E-state index in [-0.39, 0.29) is 18.1 Å². The first-order valence-electron chi connectivity index (χ1n) is 6.24. The number of nitrogens with zero attached hydrogens (tertiary/aromatic N) is 1. The Kier molecular flexibility index (Phi) is 4.32. The van der Waals surface area contributed by atoms with Crippen LogP contribution < -0.4 is 4.74 Å². The second-order valence-electron chi connectivity index (χ2n) is 4.25. The molecule has 20 heavy (non-hydrogen) atoms. The summed E-state index contributed by atoms with van der Waals surface area (Å²) in [6, 6.07) is 9.83. The number of aromatic nitrogens is 1. The zero-order valence-electron chi connectivity index (χ0n) is 11.0. The molecule has 0 atom stereocenters. The third-order valence-electron chi connectivity index (χ3n) is 2.77. The van der Waals surface area contributed by atoms with E-state index in [1.54, 1.807) is 24.3 Å². The van der Waals surface area contributed by atoms with Crippen LogP contribution in [0.5, 0.6) is 11.6 Å². The summed E-state index contributed by atoms with van der Waals surface area (Å²) in [5.41, 5.74) is 1.51. The lowest BCUT2D eigenvalue weighted by Crippen LogP contribution is -2.01. The number of pyridine rings is 1. The lowest BCUT2D eigenvalue weighted by molar-refractivity contribution is 0.0696. The molecule has 1 heterocycles. The summed E-state index contributed by atoms with van der Waals surface area (Å²) in [7, 11) is 0. The third kappa shape index (κ3) is 3.33. The van der Waals surface area contributed by atoms with Gasteiger partial charge in [-0.05, 0) is 30.2 Å². The summed E-state index contributed by atoms with van der Waals surface area (Å²) in [4.78, 5) is 15.3. The predicted molar refractivity (Wildman–Crippen MR) is 73.0 cm³/mol. The van der Waals surface area contributed by atoms with Crippen molar-refractivity contribution in [1.29, 1.82) is 0 Å². The van der Waals surface area contributed by atoms with Crippen LogP contribution in [0.15, 0.2) is 36.4 Å². The highest BCUT2D eigenvalue weighted by molar-refractivity contribution is 5.88. The van der Waals surface area contributed by atoms with Gasteiger partial charge in [0.15, 0.2) is 0 Å². The van der Waals surface area contributed by atoms with E-state index in [1.165, 1.54) is 12.1 Å². The molecule has 0 saturated heterocycles. The molecule has 0 amide bonds. The molecule has 1 aromatic heterocycles. The van der Waals surface area contributed by atoms with Crippen molar-refractivity contribution in [2.75, 3.05) is 0 Å². The molecule has 0 radical (unpaired) electrons. The van der Waals surface area contributed by atoms with E-state index in [9.17, 15) is 4.79 Å². The van der Waals surface area contributed by atoms with E-state index in [2.05, 4.69) is 4.98 Å². The molecule has 0 bridgehead atoms. The smallest absolute Gasteiger partial charge is 0.335 e. The van der Waals surface area contributed by atoms with Gasteiger partial charge in [-0.2, -0.15) is 0 Å². The number of hydrogen-bond donors (Lipinski definition) is 2. The monoisotopic (exact) mass is 273 g/mol. The van der Waals surface area contributed by atoms with Gasteiger partial charge in [0.2, 0.25) is 5.88 Å². The highest BCUT2D eigenvalue weighted by Gasteiger charge is 2.09. The van der Waals surface area contributed by atoms with E-state index in [0.29, 0.717) is 23.4 Å². The van der Waals surface area contributed by atoms with Crippen LogP contribution in [0.1, 0.15) is 28.5 Å². The van der Waals surface area contributed by atoms with E-state index < -0.39 is 5.97 Å². The van der Waals surface area contributed by atoms with Crippen molar-refractivity contribution in [3.05, 3.63) is 53.2 Å². The molecule has 2 aromatic rings. The molecule has 2 N–H and O–H groups in total. The van der Waals surface area contributed by atoms with Crippen LogP contribution in [-0.2, 0) is 13.0 Å². The highest BCUT2D eigenvalue weighted by atomic mass is 16.5. The molecule has 0 aliphatic heterocycles. The van der Waals surface area contributed by atoms with Gasteiger partial charge < -0.3 is 14.9 Å². The number of carboxylic acid groups (broad SMARTS) is 1. The van der Waals surface area contributed by atoms with E-state index in [1.807, 2.05) is 6.92 Å². The number of ether oxygens (including phenoxy) is 1. The first-order chi connectivity index (χ1) is 9.62. The fourth-order valence-electron chi connectivity index (χ4n) is 1.75. The van der Waals surface area contributed by atoms with Crippen LogP contribution in [0.2, 0.25) is 0 Å². The molecular formula is C15H15NO4. The molecule has 0 spiro atoms. The van der Waals surface area contributed by atoms with Crippen molar-refractivity contribution >= 4 is 5.97 Å². The Labute approximate surface area is 116 Å². The Morgan fingerprint density at radius 1 is 1.30 bits per heavy atom. The van der Waals surface area contributed by atoms with Gasteiger partial charge in [0, 0.05) is 11.8 Å². The van der Waals surface area contributed by atoms with Crippen molar-refractivity contribution in [2.24, 2.45) is 0 Å². The Hall–Kier alpha value is -2.40. The van der Waals surface area contributed by atoms with E-state index >= 15 is 0 Å². The van der Waals surface area contributed by atoms with Gasteiger partial charge >= 0.3 is 5.97 Å². The second-order valence-corrected chi connectivity index (χ2v) is 4.25. The van der Waals surface area contributed by atoms with Gasteiger partial charge in [-0.25, -0.2) is 9.78 Å². The molecule has 1 aromatic carbocycles. The topological polar surface area (TPSA) is 79.7 Å². The van der Waals surface area contributed by atoms with Crippen molar-refractivity contribution < 1.29 is 19.7 Å². The zero-order chi connectivity index (χ0) is 14.5. The summed E-state index contributed by atoms with van der Waals surface area (Å²) in [5.74, 6) is -0.276. The van der Waals surface area contributed by atoms with Crippen LogP contribution in [0, 0.1) is 0 Å². The van der Waals surface area contributed by atoms with Gasteiger partial charge in [0.1, 0.15) is 5.75 Å². The first kappa shape index (κ1) is 14.0. The molecule has 0 unspecified atom stereocenters. The van der Waals surface area contributed by atoms with Crippen LogP contribution in [0.25, 0.3) is 0 Å². The normalized spacial score (nSPS) is 10.3. The quantitative estimate of drug-likeness (QED) is 0.875. The van der Waals surface area contributed by atoms with E-state index in [0.717, 1.165) is 0 Å². The number of aliphatic hydroxyl groups excluding tert-OH is 1. The van der Waals surface area contributed by atoms with Crippen molar-refractivity contribution in [2.45, 2.75) is 20.0 Å². The van der Waals surface area contributed by atoms with Gasteiger partial charge in [-0.3, -0.25) is 0 Å².